The van der Waals surface area contributed by atoms with Crippen LogP contribution in [0.4, 0.5) is 0 Å². The zero-order valence-corrected chi connectivity index (χ0v) is 15.3. The predicted octanol–water partition coefficient (Wildman–Crippen LogP) is 2.53. The van der Waals surface area contributed by atoms with Crippen LogP contribution in [0.15, 0.2) is 29.4 Å². The van der Waals surface area contributed by atoms with Crippen molar-refractivity contribution in [2.45, 2.75) is 44.7 Å². The first-order chi connectivity index (χ1) is 11.3. The van der Waals surface area contributed by atoms with Crippen LogP contribution in [0, 0.1) is 6.92 Å². The van der Waals surface area contributed by atoms with Crippen molar-refractivity contribution in [1.82, 2.24) is 13.9 Å². The molecule has 0 aliphatic carbocycles. The molecule has 0 saturated carbocycles. The van der Waals surface area contributed by atoms with Gasteiger partial charge >= 0.3 is 0 Å². The van der Waals surface area contributed by atoms with Crippen molar-refractivity contribution in [2.75, 3.05) is 13.7 Å². The van der Waals surface area contributed by atoms with Crippen LogP contribution in [0.3, 0.4) is 0 Å². The maximum Gasteiger partial charge on any atom is 0.243 e. The molecular formula is C17H23N3O3S. The van der Waals surface area contributed by atoms with Gasteiger partial charge in [-0.15, -0.1) is 0 Å². The molecule has 2 heterocycles. The number of fused-ring (bicyclic) bond motifs is 1. The van der Waals surface area contributed by atoms with E-state index in [2.05, 4.69) is 23.4 Å². The van der Waals surface area contributed by atoms with E-state index in [1.807, 2.05) is 13.3 Å². The average molecular weight is 349 g/mol. The number of sulfonamides is 1. The van der Waals surface area contributed by atoms with Crippen molar-refractivity contribution in [3.63, 3.8) is 0 Å². The van der Waals surface area contributed by atoms with E-state index in [4.69, 9.17) is 4.74 Å². The van der Waals surface area contributed by atoms with Crippen molar-refractivity contribution < 1.29 is 13.2 Å². The lowest BCUT2D eigenvalue weighted by atomic mass is 10.2. The minimum Gasteiger partial charge on any atom is -0.496 e. The molecule has 7 heteroatoms. The van der Waals surface area contributed by atoms with Crippen molar-refractivity contribution >= 4 is 10.0 Å². The fourth-order valence-electron chi connectivity index (χ4n) is 3.09. The number of hydrogen-bond acceptors (Lipinski definition) is 4. The van der Waals surface area contributed by atoms with Gasteiger partial charge in [-0.2, -0.15) is 4.31 Å². The Bertz CT molecular complexity index is 856. The van der Waals surface area contributed by atoms with Gasteiger partial charge in [-0.05, 0) is 44.5 Å². The molecule has 2 aromatic rings. The molecule has 24 heavy (non-hydrogen) atoms. The molecule has 0 saturated heterocycles. The first-order valence-electron chi connectivity index (χ1n) is 8.04. The Kier molecular flexibility index (Phi) is 4.40. The summed E-state index contributed by atoms with van der Waals surface area (Å²) in [6.07, 6.45) is 2.45. The molecular weight excluding hydrogens is 326 g/mol. The number of hydrogen-bond donors (Lipinski definition) is 0. The molecule has 0 radical (unpaired) electrons. The van der Waals surface area contributed by atoms with E-state index < -0.39 is 10.0 Å². The van der Waals surface area contributed by atoms with Gasteiger partial charge in [0.05, 0.1) is 36.3 Å². The second-order valence-electron chi connectivity index (χ2n) is 6.36. The Morgan fingerprint density at radius 1 is 1.29 bits per heavy atom. The van der Waals surface area contributed by atoms with Gasteiger partial charge in [-0.1, -0.05) is 0 Å². The Labute approximate surface area is 143 Å². The van der Waals surface area contributed by atoms with Crippen LogP contribution >= 0.6 is 0 Å². The lowest BCUT2D eigenvalue weighted by Crippen LogP contribution is -2.37. The first kappa shape index (κ1) is 17.0. The fourth-order valence-corrected chi connectivity index (χ4v) is 4.58. The zero-order chi connectivity index (χ0) is 17.5. The van der Waals surface area contributed by atoms with Crippen LogP contribution in [0.5, 0.6) is 5.75 Å². The fraction of sp³-hybridized carbons (Fsp3) is 0.471. The molecule has 130 valence electrons. The van der Waals surface area contributed by atoms with E-state index in [1.165, 1.54) is 4.31 Å². The molecule has 0 unspecified atom stereocenters. The second kappa shape index (κ2) is 6.22. The van der Waals surface area contributed by atoms with Crippen LogP contribution < -0.4 is 4.74 Å². The van der Waals surface area contributed by atoms with Crippen molar-refractivity contribution in [3.05, 3.63) is 41.5 Å². The van der Waals surface area contributed by atoms with Crippen LogP contribution in [0.1, 0.15) is 36.8 Å². The normalized spacial score (nSPS) is 15.5. The highest BCUT2D eigenvalue weighted by atomic mass is 32.2. The smallest absolute Gasteiger partial charge is 0.243 e. The quantitative estimate of drug-likeness (QED) is 0.851. The highest BCUT2D eigenvalue weighted by molar-refractivity contribution is 7.89. The number of methoxy groups -OCH3 is 1. The standard InChI is InChI=1S/C17H23N3O3S/c1-12(2)20-11-18-15-7-8-19(10-16(15)20)24(21,22)14-5-6-17(23-4)13(3)9-14/h5-6,9,11-12H,7-8,10H2,1-4H3. The number of ether oxygens (including phenoxy) is 1. The van der Waals surface area contributed by atoms with Gasteiger partial charge in [0.15, 0.2) is 0 Å². The molecule has 0 spiro atoms. The van der Waals surface area contributed by atoms with Crippen molar-refractivity contribution in [3.8, 4) is 5.75 Å². The largest absolute Gasteiger partial charge is 0.496 e. The molecule has 1 aliphatic rings. The van der Waals surface area contributed by atoms with Crippen molar-refractivity contribution in [1.29, 1.82) is 0 Å². The van der Waals surface area contributed by atoms with Crippen molar-refractivity contribution in [2.24, 2.45) is 0 Å². The molecule has 0 amide bonds. The molecule has 3 rings (SSSR count). The minimum absolute atomic E-state index is 0.257. The number of benzene rings is 1. The minimum atomic E-state index is -3.54. The summed E-state index contributed by atoms with van der Waals surface area (Å²) in [6.45, 7) is 6.81. The Hall–Kier alpha value is -1.86. The van der Waals surface area contributed by atoms with Gasteiger partial charge in [0.2, 0.25) is 10.0 Å². The molecule has 1 aromatic carbocycles. The average Bonchev–Trinajstić information content (AvgIpc) is 2.98. The summed E-state index contributed by atoms with van der Waals surface area (Å²) in [7, 11) is -1.96. The molecule has 6 nitrogen and oxygen atoms in total. The number of rotatable bonds is 4. The third-order valence-electron chi connectivity index (χ3n) is 4.47. The predicted molar refractivity (Wildman–Crippen MR) is 91.6 cm³/mol. The third kappa shape index (κ3) is 2.82. The van der Waals surface area contributed by atoms with Gasteiger partial charge in [0.25, 0.3) is 0 Å². The topological polar surface area (TPSA) is 64.4 Å². The van der Waals surface area contributed by atoms with Gasteiger partial charge in [-0.3, -0.25) is 0 Å². The monoisotopic (exact) mass is 349 g/mol. The van der Waals surface area contributed by atoms with Gasteiger partial charge in [-0.25, -0.2) is 13.4 Å². The maximum atomic E-state index is 13.0. The summed E-state index contributed by atoms with van der Waals surface area (Å²) in [5.74, 6) is 0.688. The summed E-state index contributed by atoms with van der Waals surface area (Å²) in [6, 6.07) is 5.24. The lowest BCUT2D eigenvalue weighted by Gasteiger charge is -2.27. The van der Waals surface area contributed by atoms with Crippen LogP contribution in [-0.2, 0) is 23.0 Å². The SMILES string of the molecule is COc1ccc(S(=O)(=O)N2CCc3ncn(C(C)C)c3C2)cc1C. The molecule has 1 aromatic heterocycles. The maximum absolute atomic E-state index is 13.0. The van der Waals surface area contributed by atoms with Gasteiger partial charge < -0.3 is 9.30 Å². The highest BCUT2D eigenvalue weighted by Gasteiger charge is 2.31. The molecule has 1 aliphatic heterocycles. The van der Waals surface area contributed by atoms with Crippen LogP contribution in [-0.4, -0.2) is 35.9 Å². The Morgan fingerprint density at radius 2 is 2.04 bits per heavy atom. The molecule has 0 atom stereocenters. The summed E-state index contributed by atoms with van der Waals surface area (Å²) in [4.78, 5) is 4.73. The van der Waals surface area contributed by atoms with Crippen LogP contribution in [0.25, 0.3) is 0 Å². The van der Waals surface area contributed by atoms with Gasteiger partial charge in [0.1, 0.15) is 5.75 Å². The summed E-state index contributed by atoms with van der Waals surface area (Å²) in [5.41, 5.74) is 2.80. The summed E-state index contributed by atoms with van der Waals surface area (Å²) >= 11 is 0. The van der Waals surface area contributed by atoms with E-state index in [0.29, 0.717) is 30.2 Å². The number of aromatic nitrogens is 2. The third-order valence-corrected chi connectivity index (χ3v) is 6.31. The number of imidazole rings is 1. The number of nitrogens with zero attached hydrogens (tertiary/aromatic N) is 3. The van der Waals surface area contributed by atoms with E-state index in [-0.39, 0.29) is 6.04 Å². The second-order valence-corrected chi connectivity index (χ2v) is 8.30. The lowest BCUT2D eigenvalue weighted by molar-refractivity contribution is 0.372. The van der Waals surface area contributed by atoms with E-state index in [9.17, 15) is 8.42 Å². The highest BCUT2D eigenvalue weighted by Crippen LogP contribution is 2.28. The Balaban J connectivity index is 1.94. The van der Waals surface area contributed by atoms with E-state index in [1.54, 1.807) is 25.3 Å². The van der Waals surface area contributed by atoms with Gasteiger partial charge in [0, 0.05) is 19.0 Å². The Morgan fingerprint density at radius 3 is 2.67 bits per heavy atom. The molecule has 0 N–H and O–H groups in total. The van der Waals surface area contributed by atoms with E-state index in [0.717, 1.165) is 17.0 Å². The van der Waals surface area contributed by atoms with Crippen LogP contribution in [0.2, 0.25) is 0 Å². The molecule has 0 fully saturated rings. The van der Waals surface area contributed by atoms with E-state index >= 15 is 0 Å². The number of aryl methyl sites for hydroxylation is 1. The zero-order valence-electron chi connectivity index (χ0n) is 14.5. The summed E-state index contributed by atoms with van der Waals surface area (Å²) in [5, 5.41) is 0. The summed E-state index contributed by atoms with van der Waals surface area (Å²) < 4.78 is 34.8. The molecule has 0 bridgehead atoms. The first-order valence-corrected chi connectivity index (χ1v) is 9.48.